The van der Waals surface area contributed by atoms with Crippen molar-refractivity contribution in [3.8, 4) is 0 Å². The molecule has 2 amide bonds. The Morgan fingerprint density at radius 1 is 1.26 bits per heavy atom. The molecule has 0 aromatic carbocycles. The van der Waals surface area contributed by atoms with E-state index in [0.717, 1.165) is 11.3 Å². The minimum atomic E-state index is -0.432. The van der Waals surface area contributed by atoms with E-state index in [1.165, 1.54) is 16.2 Å². The number of pyridine rings is 1. The van der Waals surface area contributed by atoms with Gasteiger partial charge < -0.3 is 15.0 Å². The van der Waals surface area contributed by atoms with Crippen LogP contribution in [0, 0.1) is 20.8 Å². The van der Waals surface area contributed by atoms with Gasteiger partial charge >= 0.3 is 6.09 Å². The van der Waals surface area contributed by atoms with Crippen molar-refractivity contribution in [2.24, 2.45) is 0 Å². The highest BCUT2D eigenvalue weighted by Crippen LogP contribution is 2.31. The molecule has 0 unspecified atom stereocenters. The summed E-state index contributed by atoms with van der Waals surface area (Å²) in [6, 6.07) is 1.87. The van der Waals surface area contributed by atoms with Gasteiger partial charge in [-0.15, -0.1) is 11.3 Å². The molecule has 2 aromatic rings. The fourth-order valence-corrected chi connectivity index (χ4v) is 3.95. The highest BCUT2D eigenvalue weighted by atomic mass is 32.1. The molecule has 0 aliphatic carbocycles. The largest absolute Gasteiger partial charge is 0.449 e. The Labute approximate surface area is 162 Å². The first-order valence-electron chi connectivity index (χ1n) is 8.80. The first-order valence-corrected chi connectivity index (χ1v) is 9.68. The molecule has 0 spiro atoms. The van der Waals surface area contributed by atoms with Gasteiger partial charge in [0.1, 0.15) is 5.00 Å². The number of carbonyl (C=O) groups is 2. The molecule has 0 aliphatic rings. The van der Waals surface area contributed by atoms with Crippen LogP contribution in [0.1, 0.15) is 46.6 Å². The van der Waals surface area contributed by atoms with Gasteiger partial charge in [-0.2, -0.15) is 0 Å². The minimum Gasteiger partial charge on any atom is -0.449 e. The number of anilines is 1. The van der Waals surface area contributed by atoms with Crippen molar-refractivity contribution in [3.63, 3.8) is 0 Å². The number of carbonyl (C=O) groups excluding carboxylic acids is 2. The summed E-state index contributed by atoms with van der Waals surface area (Å²) in [6.45, 7) is 9.93. The highest BCUT2D eigenvalue weighted by molar-refractivity contribution is 7.15. The first kappa shape index (κ1) is 20.7. The van der Waals surface area contributed by atoms with Crippen molar-refractivity contribution in [2.45, 2.75) is 41.2 Å². The van der Waals surface area contributed by atoms with Crippen molar-refractivity contribution in [2.75, 3.05) is 18.1 Å². The maximum atomic E-state index is 12.6. The average molecular weight is 391 g/mol. The van der Waals surface area contributed by atoms with E-state index in [2.05, 4.69) is 10.3 Å². The zero-order chi connectivity index (χ0) is 20.1. The Morgan fingerprint density at radius 3 is 2.56 bits per heavy atom. The van der Waals surface area contributed by atoms with Crippen molar-refractivity contribution in [1.82, 2.24) is 10.3 Å². The second kappa shape index (κ2) is 8.85. The van der Waals surface area contributed by atoms with Crippen molar-refractivity contribution in [1.29, 1.82) is 0 Å². The van der Waals surface area contributed by atoms with Crippen LogP contribution in [0.3, 0.4) is 0 Å². The van der Waals surface area contributed by atoms with Gasteiger partial charge in [-0.05, 0) is 51.8 Å². The van der Waals surface area contributed by atoms with Crippen LogP contribution >= 0.6 is 11.3 Å². The number of amides is 2. The van der Waals surface area contributed by atoms with E-state index in [9.17, 15) is 14.4 Å². The van der Waals surface area contributed by atoms with Gasteiger partial charge in [0.15, 0.2) is 0 Å². The third kappa shape index (κ3) is 4.57. The van der Waals surface area contributed by atoms with Gasteiger partial charge in [0.25, 0.3) is 11.5 Å². The van der Waals surface area contributed by atoms with Gasteiger partial charge in [0.05, 0.1) is 12.2 Å². The molecule has 0 atom stereocenters. The lowest BCUT2D eigenvalue weighted by molar-refractivity contribution is 0.0950. The molecule has 0 aliphatic heterocycles. The molecular weight excluding hydrogens is 366 g/mol. The number of hydrogen-bond donors (Lipinski definition) is 2. The summed E-state index contributed by atoms with van der Waals surface area (Å²) in [5.74, 6) is -0.283. The molecule has 8 heteroatoms. The summed E-state index contributed by atoms with van der Waals surface area (Å²) >= 11 is 1.32. The summed E-state index contributed by atoms with van der Waals surface area (Å²) in [4.78, 5) is 41.0. The Morgan fingerprint density at radius 2 is 1.96 bits per heavy atom. The fourth-order valence-electron chi connectivity index (χ4n) is 2.82. The molecule has 0 fully saturated rings. The number of nitrogens with one attached hydrogen (secondary N) is 2. The third-order valence-electron chi connectivity index (χ3n) is 4.23. The van der Waals surface area contributed by atoms with Gasteiger partial charge in [0, 0.05) is 29.7 Å². The lowest BCUT2D eigenvalue weighted by atomic mass is 10.1. The summed E-state index contributed by atoms with van der Waals surface area (Å²) in [5, 5.41) is 5.20. The van der Waals surface area contributed by atoms with Crippen molar-refractivity contribution < 1.29 is 14.3 Å². The molecule has 2 heterocycles. The molecule has 7 nitrogen and oxygen atoms in total. The van der Waals surface area contributed by atoms with Crippen LogP contribution in [0.4, 0.5) is 9.80 Å². The second-order valence-corrected chi connectivity index (χ2v) is 7.01. The van der Waals surface area contributed by atoms with Gasteiger partial charge in [0.2, 0.25) is 0 Å². The molecule has 0 saturated carbocycles. The number of hydrogen-bond acceptors (Lipinski definition) is 5. The lowest BCUT2D eigenvalue weighted by Gasteiger charge is -2.19. The SMILES string of the molecule is CCOC(=O)N(CC)c1scc(C(=O)NCc2c(C)cc(C)[nH]c2=O)c1C. The third-order valence-corrected chi connectivity index (χ3v) is 5.33. The predicted molar refractivity (Wildman–Crippen MR) is 107 cm³/mol. The maximum absolute atomic E-state index is 12.6. The van der Waals surface area contributed by atoms with E-state index in [4.69, 9.17) is 4.74 Å². The minimum absolute atomic E-state index is 0.139. The standard InChI is InChI=1S/C19H25N3O4S/c1-6-22(19(25)26-7-2)18-13(5)15(10-27-18)16(23)20-9-14-11(3)8-12(4)21-17(14)24/h8,10H,6-7,9H2,1-5H3,(H,20,23)(H,21,24). The second-order valence-electron chi connectivity index (χ2n) is 6.15. The zero-order valence-electron chi connectivity index (χ0n) is 16.3. The van der Waals surface area contributed by atoms with E-state index in [1.807, 2.05) is 26.8 Å². The lowest BCUT2D eigenvalue weighted by Crippen LogP contribution is -2.31. The van der Waals surface area contributed by atoms with E-state index < -0.39 is 6.09 Å². The summed E-state index contributed by atoms with van der Waals surface area (Å²) in [7, 11) is 0. The van der Waals surface area contributed by atoms with Gasteiger partial charge in [-0.25, -0.2) is 4.79 Å². The average Bonchev–Trinajstić information content (AvgIpc) is 2.96. The van der Waals surface area contributed by atoms with Crippen molar-refractivity contribution in [3.05, 3.63) is 49.7 Å². The molecule has 2 N–H and O–H groups in total. The number of aryl methyl sites for hydroxylation is 2. The van der Waals surface area contributed by atoms with Gasteiger partial charge in [-0.1, -0.05) is 0 Å². The monoisotopic (exact) mass is 391 g/mol. The number of H-pyrrole nitrogens is 1. The van der Waals surface area contributed by atoms with Crippen LogP contribution < -0.4 is 15.8 Å². The number of rotatable bonds is 6. The quantitative estimate of drug-likeness (QED) is 0.790. The molecule has 0 saturated heterocycles. The normalized spacial score (nSPS) is 10.6. The van der Waals surface area contributed by atoms with Gasteiger partial charge in [-0.3, -0.25) is 14.5 Å². The van der Waals surface area contributed by atoms with E-state index >= 15 is 0 Å². The van der Waals surface area contributed by atoms with E-state index in [1.54, 1.807) is 19.2 Å². The molecule has 2 aromatic heterocycles. The maximum Gasteiger partial charge on any atom is 0.414 e. The number of aromatic nitrogens is 1. The Balaban J connectivity index is 2.18. The molecule has 2 rings (SSSR count). The Kier molecular flexibility index (Phi) is 6.79. The highest BCUT2D eigenvalue weighted by Gasteiger charge is 2.23. The number of thiophene rings is 1. The molecule has 146 valence electrons. The summed E-state index contributed by atoms with van der Waals surface area (Å²) in [6.07, 6.45) is -0.432. The van der Waals surface area contributed by atoms with E-state index in [0.29, 0.717) is 28.2 Å². The zero-order valence-corrected chi connectivity index (χ0v) is 17.1. The topological polar surface area (TPSA) is 91.5 Å². The smallest absolute Gasteiger partial charge is 0.414 e. The number of nitrogens with zero attached hydrogens (tertiary/aromatic N) is 1. The van der Waals surface area contributed by atoms with Crippen LogP contribution in [0.2, 0.25) is 0 Å². The van der Waals surface area contributed by atoms with Crippen molar-refractivity contribution >= 4 is 28.3 Å². The first-order chi connectivity index (χ1) is 12.8. The van der Waals surface area contributed by atoms with Crippen LogP contribution in [0.15, 0.2) is 16.2 Å². The van der Waals surface area contributed by atoms with E-state index in [-0.39, 0.29) is 24.6 Å². The molecule has 0 bridgehead atoms. The molecular formula is C19H25N3O4S. The summed E-state index contributed by atoms with van der Waals surface area (Å²) < 4.78 is 5.07. The van der Waals surface area contributed by atoms with Crippen LogP contribution in [-0.2, 0) is 11.3 Å². The Hall–Kier alpha value is -2.61. The van der Waals surface area contributed by atoms with Crippen LogP contribution in [0.5, 0.6) is 0 Å². The Bertz CT molecular complexity index is 901. The van der Waals surface area contributed by atoms with Crippen LogP contribution in [0.25, 0.3) is 0 Å². The molecule has 27 heavy (non-hydrogen) atoms. The summed E-state index contributed by atoms with van der Waals surface area (Å²) in [5.41, 5.74) is 3.14. The molecule has 0 radical (unpaired) electrons. The number of aromatic amines is 1. The predicted octanol–water partition coefficient (Wildman–Crippen LogP) is 3.27. The fraction of sp³-hybridized carbons (Fsp3) is 0.421. The number of ether oxygens (including phenoxy) is 1. The van der Waals surface area contributed by atoms with Crippen LogP contribution in [-0.4, -0.2) is 30.1 Å².